The predicted molar refractivity (Wildman–Crippen MR) is 85.1 cm³/mol. The van der Waals surface area contributed by atoms with Gasteiger partial charge in [-0.15, -0.1) is 0 Å². The van der Waals surface area contributed by atoms with E-state index in [0.717, 1.165) is 5.56 Å². The average Bonchev–Trinajstić information content (AvgIpc) is 2.53. The van der Waals surface area contributed by atoms with E-state index < -0.39 is 11.5 Å². The molecule has 5 heteroatoms. The van der Waals surface area contributed by atoms with Crippen LogP contribution < -0.4 is 16.0 Å². The minimum atomic E-state index is -0.759. The summed E-state index contributed by atoms with van der Waals surface area (Å²) in [6, 6.07) is 14.5. The Morgan fingerprint density at radius 1 is 1.14 bits per heavy atom. The lowest BCUT2D eigenvalue weighted by Gasteiger charge is -2.12. The number of amides is 1. The first-order chi connectivity index (χ1) is 10.6. The van der Waals surface area contributed by atoms with Gasteiger partial charge in [-0.25, -0.2) is 0 Å². The Labute approximate surface area is 126 Å². The second-order valence-electron chi connectivity index (χ2n) is 4.85. The lowest BCUT2D eigenvalue weighted by atomic mass is 9.96. The SMILES string of the molecule is COc1ccc2[nH]c(=O)c(C(N)=O)c(-c3ccccc3)c2c1. The number of aromatic amines is 1. The Kier molecular flexibility index (Phi) is 3.39. The molecule has 0 radical (unpaired) electrons. The molecule has 0 atom stereocenters. The van der Waals surface area contributed by atoms with Gasteiger partial charge in [0.25, 0.3) is 11.5 Å². The predicted octanol–water partition coefficient (Wildman–Crippen LogP) is 2.30. The van der Waals surface area contributed by atoms with Crippen LogP contribution >= 0.6 is 0 Å². The van der Waals surface area contributed by atoms with Crippen molar-refractivity contribution in [2.75, 3.05) is 7.11 Å². The highest BCUT2D eigenvalue weighted by Gasteiger charge is 2.18. The summed E-state index contributed by atoms with van der Waals surface area (Å²) in [6.07, 6.45) is 0. The zero-order valence-electron chi connectivity index (χ0n) is 11.9. The molecule has 110 valence electrons. The van der Waals surface area contributed by atoms with Gasteiger partial charge in [-0.2, -0.15) is 0 Å². The smallest absolute Gasteiger partial charge is 0.261 e. The number of primary amides is 1. The van der Waals surface area contributed by atoms with E-state index in [1.54, 1.807) is 25.3 Å². The fourth-order valence-corrected chi connectivity index (χ4v) is 2.54. The third-order valence-corrected chi connectivity index (χ3v) is 3.53. The molecule has 5 nitrogen and oxygen atoms in total. The van der Waals surface area contributed by atoms with Gasteiger partial charge in [0.1, 0.15) is 11.3 Å². The third-order valence-electron chi connectivity index (χ3n) is 3.53. The van der Waals surface area contributed by atoms with Crippen LogP contribution in [0.15, 0.2) is 53.3 Å². The zero-order chi connectivity index (χ0) is 15.7. The Hall–Kier alpha value is -3.08. The van der Waals surface area contributed by atoms with Crippen molar-refractivity contribution in [3.63, 3.8) is 0 Å². The standard InChI is InChI=1S/C17H14N2O3/c1-22-11-7-8-13-12(9-11)14(10-5-3-2-4-6-10)15(16(18)20)17(21)19-13/h2-9H,1H3,(H2,18,20)(H,19,21). The maximum atomic E-state index is 12.2. The van der Waals surface area contributed by atoms with E-state index in [9.17, 15) is 9.59 Å². The zero-order valence-corrected chi connectivity index (χ0v) is 11.9. The topological polar surface area (TPSA) is 85.2 Å². The summed E-state index contributed by atoms with van der Waals surface area (Å²) < 4.78 is 5.24. The number of ether oxygens (including phenoxy) is 1. The van der Waals surface area contributed by atoms with Crippen molar-refractivity contribution in [1.82, 2.24) is 4.98 Å². The number of carbonyl (C=O) groups excluding carboxylic acids is 1. The first kappa shape index (κ1) is 13.9. The van der Waals surface area contributed by atoms with Crippen molar-refractivity contribution in [3.8, 4) is 16.9 Å². The van der Waals surface area contributed by atoms with Crippen molar-refractivity contribution >= 4 is 16.8 Å². The summed E-state index contributed by atoms with van der Waals surface area (Å²) in [5.41, 5.74) is 6.77. The van der Waals surface area contributed by atoms with E-state index in [4.69, 9.17) is 10.5 Å². The van der Waals surface area contributed by atoms with Crippen molar-refractivity contribution in [1.29, 1.82) is 0 Å². The molecule has 1 heterocycles. The summed E-state index contributed by atoms with van der Waals surface area (Å²) >= 11 is 0. The molecule has 0 unspecified atom stereocenters. The van der Waals surface area contributed by atoms with Crippen LogP contribution in [0, 0.1) is 0 Å². The summed E-state index contributed by atoms with van der Waals surface area (Å²) in [5, 5.41) is 0.707. The number of rotatable bonds is 3. The summed E-state index contributed by atoms with van der Waals surface area (Å²) in [4.78, 5) is 26.7. The van der Waals surface area contributed by atoms with Crippen LogP contribution in [0.5, 0.6) is 5.75 Å². The quantitative estimate of drug-likeness (QED) is 0.777. The Morgan fingerprint density at radius 3 is 2.50 bits per heavy atom. The Balaban J connectivity index is 2.50. The van der Waals surface area contributed by atoms with Gasteiger partial charge in [0.05, 0.1) is 7.11 Å². The summed E-state index contributed by atoms with van der Waals surface area (Å²) in [5.74, 6) is -0.128. The fraction of sp³-hybridized carbons (Fsp3) is 0.0588. The maximum Gasteiger partial charge on any atom is 0.261 e. The third kappa shape index (κ3) is 2.22. The van der Waals surface area contributed by atoms with Crippen molar-refractivity contribution in [3.05, 3.63) is 64.4 Å². The number of methoxy groups -OCH3 is 1. The van der Waals surface area contributed by atoms with Crippen molar-refractivity contribution in [2.45, 2.75) is 0 Å². The number of hydrogen-bond acceptors (Lipinski definition) is 3. The van der Waals surface area contributed by atoms with Gasteiger partial charge in [-0.1, -0.05) is 30.3 Å². The highest BCUT2D eigenvalue weighted by Crippen LogP contribution is 2.31. The molecule has 0 aliphatic heterocycles. The number of benzene rings is 2. The molecule has 0 fully saturated rings. The molecule has 0 bridgehead atoms. The number of H-pyrrole nitrogens is 1. The van der Waals surface area contributed by atoms with Crippen LogP contribution in [0.3, 0.4) is 0 Å². The molecule has 22 heavy (non-hydrogen) atoms. The first-order valence-electron chi connectivity index (χ1n) is 6.71. The number of aromatic nitrogens is 1. The summed E-state index contributed by atoms with van der Waals surface area (Å²) in [7, 11) is 1.56. The maximum absolute atomic E-state index is 12.2. The van der Waals surface area contributed by atoms with Crippen LogP contribution in [0.4, 0.5) is 0 Å². The second-order valence-corrected chi connectivity index (χ2v) is 4.85. The molecule has 3 aromatic rings. The number of carbonyl (C=O) groups is 1. The number of fused-ring (bicyclic) bond motifs is 1. The molecule has 1 amide bonds. The van der Waals surface area contributed by atoms with Crippen LogP contribution in [-0.2, 0) is 0 Å². The minimum absolute atomic E-state index is 0.0491. The number of nitrogens with one attached hydrogen (secondary N) is 1. The summed E-state index contributed by atoms with van der Waals surface area (Å²) in [6.45, 7) is 0. The molecule has 0 aliphatic carbocycles. The normalized spacial score (nSPS) is 10.6. The number of pyridine rings is 1. The Bertz CT molecular complexity index is 914. The first-order valence-corrected chi connectivity index (χ1v) is 6.71. The van der Waals surface area contributed by atoms with E-state index in [0.29, 0.717) is 22.2 Å². The van der Waals surface area contributed by atoms with Crippen molar-refractivity contribution in [2.24, 2.45) is 5.73 Å². The molecular weight excluding hydrogens is 280 g/mol. The molecule has 3 rings (SSSR count). The van der Waals surface area contributed by atoms with E-state index in [2.05, 4.69) is 4.98 Å². The lowest BCUT2D eigenvalue weighted by molar-refractivity contribution is 0.0999. The van der Waals surface area contributed by atoms with Gasteiger partial charge in [0, 0.05) is 16.5 Å². The number of hydrogen-bond donors (Lipinski definition) is 2. The van der Waals surface area contributed by atoms with E-state index in [-0.39, 0.29) is 5.56 Å². The lowest BCUT2D eigenvalue weighted by Crippen LogP contribution is -2.25. The van der Waals surface area contributed by atoms with Crippen LogP contribution in [0.25, 0.3) is 22.0 Å². The van der Waals surface area contributed by atoms with Gasteiger partial charge in [0.15, 0.2) is 0 Å². The van der Waals surface area contributed by atoms with Crippen LogP contribution in [0.1, 0.15) is 10.4 Å². The highest BCUT2D eigenvalue weighted by molar-refractivity contribution is 6.08. The second kappa shape index (κ2) is 5.37. The van der Waals surface area contributed by atoms with Crippen molar-refractivity contribution < 1.29 is 9.53 Å². The minimum Gasteiger partial charge on any atom is -0.497 e. The van der Waals surface area contributed by atoms with Gasteiger partial charge in [0.2, 0.25) is 0 Å². The van der Waals surface area contributed by atoms with Crippen LogP contribution in [0.2, 0.25) is 0 Å². The van der Waals surface area contributed by atoms with E-state index >= 15 is 0 Å². The van der Waals surface area contributed by atoms with Gasteiger partial charge >= 0.3 is 0 Å². The largest absolute Gasteiger partial charge is 0.497 e. The highest BCUT2D eigenvalue weighted by atomic mass is 16.5. The molecule has 1 aromatic heterocycles. The molecule has 0 aliphatic rings. The number of nitrogens with two attached hydrogens (primary N) is 1. The molecule has 0 saturated carbocycles. The molecule has 2 aromatic carbocycles. The molecular formula is C17H14N2O3. The fourth-order valence-electron chi connectivity index (χ4n) is 2.54. The van der Waals surface area contributed by atoms with Gasteiger partial charge < -0.3 is 15.5 Å². The average molecular weight is 294 g/mol. The van der Waals surface area contributed by atoms with E-state index in [1.807, 2.05) is 30.3 Å². The monoisotopic (exact) mass is 294 g/mol. The van der Waals surface area contributed by atoms with Gasteiger partial charge in [-0.3, -0.25) is 9.59 Å². The Morgan fingerprint density at radius 2 is 1.86 bits per heavy atom. The van der Waals surface area contributed by atoms with E-state index in [1.165, 1.54) is 0 Å². The van der Waals surface area contributed by atoms with Crippen LogP contribution in [-0.4, -0.2) is 18.0 Å². The molecule has 3 N–H and O–H groups in total. The molecule has 0 saturated heterocycles. The molecule has 0 spiro atoms. The van der Waals surface area contributed by atoms with Gasteiger partial charge in [-0.05, 0) is 23.8 Å².